The molecule has 1 unspecified atom stereocenters. The Bertz CT molecular complexity index is 553. The fraction of sp³-hybridized carbons (Fsp3) is 0.200. The second-order valence-electron chi connectivity index (χ2n) is 4.27. The third kappa shape index (κ3) is 3.69. The highest BCUT2D eigenvalue weighted by molar-refractivity contribution is 6.30. The smallest absolute Gasteiger partial charge is 0.125 e. The maximum atomic E-state index is 13.1. The molecular formula is C15H14ClFO2. The zero-order valence-corrected chi connectivity index (χ0v) is 11.2. The summed E-state index contributed by atoms with van der Waals surface area (Å²) in [7, 11) is 0. The summed E-state index contributed by atoms with van der Waals surface area (Å²) >= 11 is 5.80. The summed E-state index contributed by atoms with van der Waals surface area (Å²) in [6, 6.07) is 11.4. The molecule has 0 saturated carbocycles. The van der Waals surface area contributed by atoms with Crippen molar-refractivity contribution in [3.05, 3.63) is 64.4 Å². The topological polar surface area (TPSA) is 29.5 Å². The third-order valence-electron chi connectivity index (χ3n) is 2.73. The van der Waals surface area contributed by atoms with Gasteiger partial charge >= 0.3 is 0 Å². The van der Waals surface area contributed by atoms with E-state index in [-0.39, 0.29) is 0 Å². The van der Waals surface area contributed by atoms with E-state index in [1.807, 2.05) is 12.1 Å². The minimum atomic E-state index is -0.782. The van der Waals surface area contributed by atoms with Gasteiger partial charge in [-0.25, -0.2) is 4.39 Å². The summed E-state index contributed by atoms with van der Waals surface area (Å²) < 4.78 is 18.7. The van der Waals surface area contributed by atoms with Crippen molar-refractivity contribution in [3.63, 3.8) is 0 Å². The average molecular weight is 281 g/mol. The molecule has 19 heavy (non-hydrogen) atoms. The van der Waals surface area contributed by atoms with Crippen LogP contribution in [0, 0.1) is 5.82 Å². The molecule has 100 valence electrons. The molecular weight excluding hydrogens is 267 g/mol. The van der Waals surface area contributed by atoms with Crippen LogP contribution in [0.15, 0.2) is 42.5 Å². The molecule has 0 amide bonds. The molecule has 0 spiro atoms. The number of rotatable bonds is 4. The zero-order chi connectivity index (χ0) is 13.8. The van der Waals surface area contributed by atoms with Crippen molar-refractivity contribution >= 4 is 11.6 Å². The fourth-order valence-corrected chi connectivity index (χ4v) is 1.84. The van der Waals surface area contributed by atoms with Gasteiger partial charge in [0.2, 0.25) is 0 Å². The Hall–Kier alpha value is -1.58. The first-order valence-corrected chi connectivity index (χ1v) is 6.29. The number of ether oxygens (including phenoxy) is 1. The van der Waals surface area contributed by atoms with E-state index in [0.717, 1.165) is 5.56 Å². The summed E-state index contributed by atoms with van der Waals surface area (Å²) in [5, 5.41) is 10.3. The summed E-state index contributed by atoms with van der Waals surface area (Å²) in [5.74, 6) is 0.0843. The van der Waals surface area contributed by atoms with Crippen molar-refractivity contribution in [3.8, 4) is 5.75 Å². The number of benzene rings is 2. The first kappa shape index (κ1) is 13.8. The molecule has 0 heterocycles. The van der Waals surface area contributed by atoms with Crippen molar-refractivity contribution in [1.29, 1.82) is 0 Å². The second-order valence-corrected chi connectivity index (χ2v) is 4.71. The van der Waals surface area contributed by atoms with E-state index in [1.54, 1.807) is 19.1 Å². The van der Waals surface area contributed by atoms with Crippen molar-refractivity contribution in [2.75, 3.05) is 0 Å². The molecule has 0 aromatic heterocycles. The van der Waals surface area contributed by atoms with E-state index < -0.39 is 11.9 Å². The highest BCUT2D eigenvalue weighted by Crippen LogP contribution is 2.26. The minimum absolute atomic E-state index is 0.336. The van der Waals surface area contributed by atoms with Crippen molar-refractivity contribution in [2.24, 2.45) is 0 Å². The predicted octanol–water partition coefficient (Wildman–Crippen LogP) is 4.11. The SMILES string of the molecule is CC(O)c1cc(F)ccc1OCc1ccc(Cl)cc1. The second kappa shape index (κ2) is 6.04. The van der Waals surface area contributed by atoms with Crippen LogP contribution in [0.4, 0.5) is 4.39 Å². The Morgan fingerprint density at radius 1 is 1.21 bits per heavy atom. The molecule has 1 atom stereocenters. The standard InChI is InChI=1S/C15H14ClFO2/c1-10(18)14-8-13(17)6-7-15(14)19-9-11-2-4-12(16)5-3-11/h2-8,10,18H,9H2,1H3. The molecule has 2 nitrogen and oxygen atoms in total. The van der Waals surface area contributed by atoms with E-state index in [1.165, 1.54) is 18.2 Å². The van der Waals surface area contributed by atoms with E-state index in [4.69, 9.17) is 16.3 Å². The van der Waals surface area contributed by atoms with Gasteiger partial charge in [0.1, 0.15) is 18.2 Å². The van der Waals surface area contributed by atoms with Crippen LogP contribution in [0.25, 0.3) is 0 Å². The van der Waals surface area contributed by atoms with Gasteiger partial charge in [0.05, 0.1) is 6.10 Å². The summed E-state index contributed by atoms with van der Waals surface area (Å²) in [5.41, 5.74) is 1.39. The number of halogens is 2. The van der Waals surface area contributed by atoms with Crippen LogP contribution in [0.1, 0.15) is 24.2 Å². The van der Waals surface area contributed by atoms with Crippen LogP contribution in [-0.4, -0.2) is 5.11 Å². The van der Waals surface area contributed by atoms with Gasteiger partial charge in [0.25, 0.3) is 0 Å². The monoisotopic (exact) mass is 280 g/mol. The quantitative estimate of drug-likeness (QED) is 0.913. The van der Waals surface area contributed by atoms with E-state index in [2.05, 4.69) is 0 Å². The number of hydrogen-bond donors (Lipinski definition) is 1. The molecule has 0 fully saturated rings. The summed E-state index contributed by atoms with van der Waals surface area (Å²) in [6.07, 6.45) is -0.782. The van der Waals surface area contributed by atoms with Gasteiger partial charge in [-0.15, -0.1) is 0 Å². The molecule has 0 saturated heterocycles. The number of aliphatic hydroxyl groups excluding tert-OH is 1. The third-order valence-corrected chi connectivity index (χ3v) is 2.98. The Labute approximate surface area is 116 Å². The Kier molecular flexibility index (Phi) is 4.40. The largest absolute Gasteiger partial charge is 0.489 e. The zero-order valence-electron chi connectivity index (χ0n) is 10.4. The lowest BCUT2D eigenvalue weighted by Crippen LogP contribution is -2.01. The molecule has 2 aromatic carbocycles. The average Bonchev–Trinajstić information content (AvgIpc) is 2.39. The molecule has 2 rings (SSSR count). The van der Waals surface area contributed by atoms with Crippen molar-refractivity contribution < 1.29 is 14.2 Å². The fourth-order valence-electron chi connectivity index (χ4n) is 1.72. The summed E-state index contributed by atoms with van der Waals surface area (Å²) in [4.78, 5) is 0. The van der Waals surface area contributed by atoms with Crippen LogP contribution in [-0.2, 0) is 6.61 Å². The first-order chi connectivity index (χ1) is 9.06. The maximum Gasteiger partial charge on any atom is 0.125 e. The van der Waals surface area contributed by atoms with Crippen LogP contribution < -0.4 is 4.74 Å². The van der Waals surface area contributed by atoms with E-state index in [9.17, 15) is 9.50 Å². The number of aliphatic hydroxyl groups is 1. The van der Waals surface area contributed by atoms with Gasteiger partial charge in [-0.3, -0.25) is 0 Å². The highest BCUT2D eigenvalue weighted by Gasteiger charge is 2.10. The predicted molar refractivity (Wildman–Crippen MR) is 72.8 cm³/mol. The molecule has 0 aliphatic heterocycles. The molecule has 0 radical (unpaired) electrons. The molecule has 0 aliphatic rings. The Morgan fingerprint density at radius 2 is 1.89 bits per heavy atom. The van der Waals surface area contributed by atoms with E-state index in [0.29, 0.717) is 22.9 Å². The van der Waals surface area contributed by atoms with Gasteiger partial charge in [0, 0.05) is 10.6 Å². The van der Waals surface area contributed by atoms with Gasteiger partial charge < -0.3 is 9.84 Å². The van der Waals surface area contributed by atoms with Crippen LogP contribution >= 0.6 is 11.6 Å². The van der Waals surface area contributed by atoms with Crippen molar-refractivity contribution in [1.82, 2.24) is 0 Å². The van der Waals surface area contributed by atoms with Gasteiger partial charge in [-0.05, 0) is 42.8 Å². The lowest BCUT2D eigenvalue weighted by atomic mass is 10.1. The first-order valence-electron chi connectivity index (χ1n) is 5.91. The van der Waals surface area contributed by atoms with Gasteiger partial charge in [-0.2, -0.15) is 0 Å². The lowest BCUT2D eigenvalue weighted by Gasteiger charge is -2.13. The molecule has 0 bridgehead atoms. The van der Waals surface area contributed by atoms with Gasteiger partial charge in [0.15, 0.2) is 0 Å². The maximum absolute atomic E-state index is 13.1. The molecule has 2 aromatic rings. The minimum Gasteiger partial charge on any atom is -0.489 e. The Morgan fingerprint density at radius 3 is 2.53 bits per heavy atom. The molecule has 1 N–H and O–H groups in total. The normalized spacial score (nSPS) is 12.2. The number of hydrogen-bond acceptors (Lipinski definition) is 2. The van der Waals surface area contributed by atoms with E-state index >= 15 is 0 Å². The molecule has 0 aliphatic carbocycles. The van der Waals surface area contributed by atoms with Crippen LogP contribution in [0.3, 0.4) is 0 Å². The lowest BCUT2D eigenvalue weighted by molar-refractivity contribution is 0.189. The van der Waals surface area contributed by atoms with Gasteiger partial charge in [-0.1, -0.05) is 23.7 Å². The van der Waals surface area contributed by atoms with Crippen LogP contribution in [0.5, 0.6) is 5.75 Å². The molecule has 4 heteroatoms. The van der Waals surface area contributed by atoms with Crippen LogP contribution in [0.2, 0.25) is 5.02 Å². The highest BCUT2D eigenvalue weighted by atomic mass is 35.5. The summed E-state index contributed by atoms with van der Waals surface area (Å²) in [6.45, 7) is 1.91. The Balaban J connectivity index is 2.13. The van der Waals surface area contributed by atoms with Crippen molar-refractivity contribution in [2.45, 2.75) is 19.6 Å².